The Hall–Kier alpha value is -2.51. The van der Waals surface area contributed by atoms with E-state index in [0.717, 1.165) is 12.3 Å². The molecule has 1 saturated heterocycles. The minimum absolute atomic E-state index is 0.0868. The van der Waals surface area contributed by atoms with E-state index in [1.807, 2.05) is 0 Å². The van der Waals surface area contributed by atoms with Crippen molar-refractivity contribution < 1.29 is 45.5 Å². The number of aliphatic hydroxyl groups excluding tert-OH is 1. The maximum absolute atomic E-state index is 14.8. The monoisotopic (exact) mass is 481 g/mol. The van der Waals surface area contributed by atoms with Crippen LogP contribution in [0.5, 0.6) is 5.75 Å². The minimum atomic E-state index is -4.52. The lowest BCUT2D eigenvalue weighted by Gasteiger charge is -2.32. The predicted molar refractivity (Wildman–Crippen MR) is 98.1 cm³/mol. The highest BCUT2D eigenvalue weighted by molar-refractivity contribution is 7.49. The van der Waals surface area contributed by atoms with Gasteiger partial charge in [0.1, 0.15) is 11.6 Å². The van der Waals surface area contributed by atoms with Gasteiger partial charge in [0, 0.05) is 11.8 Å². The summed E-state index contributed by atoms with van der Waals surface area (Å²) in [5.41, 5.74) is 1.09. The smallest absolute Gasteiger partial charge is 0.404 e. The zero-order chi connectivity index (χ0) is 23.3. The fourth-order valence-electron chi connectivity index (χ4n) is 3.26. The first kappa shape index (κ1) is 22.7. The van der Waals surface area contributed by atoms with Crippen LogP contribution in [0.2, 0.25) is 0 Å². The first-order chi connectivity index (χ1) is 15.0. The van der Waals surface area contributed by atoms with Gasteiger partial charge in [-0.05, 0) is 12.1 Å². The second-order valence-corrected chi connectivity index (χ2v) is 8.63. The highest BCUT2D eigenvalue weighted by Gasteiger charge is 2.71. The highest BCUT2D eigenvalue weighted by atomic mass is 31.2. The van der Waals surface area contributed by atoms with Gasteiger partial charge in [0.2, 0.25) is 6.23 Å². The number of hydrogen-bond acceptors (Lipinski definition) is 9. The first-order valence-electron chi connectivity index (χ1n) is 9.02. The molecule has 0 aliphatic carbocycles. The van der Waals surface area contributed by atoms with Crippen molar-refractivity contribution in [2.75, 3.05) is 12.3 Å². The number of hydrogen-bond donors (Lipinski definition) is 2. The Bertz CT molecular complexity index is 1130. The molecule has 15 heteroatoms. The van der Waals surface area contributed by atoms with Crippen LogP contribution in [0.15, 0.2) is 41.3 Å². The van der Waals surface area contributed by atoms with Crippen molar-refractivity contribution in [3.05, 3.63) is 52.6 Å². The van der Waals surface area contributed by atoms with Crippen LogP contribution >= 0.6 is 7.82 Å². The fraction of sp³-hybridized carbons (Fsp3) is 0.412. The van der Waals surface area contributed by atoms with Crippen LogP contribution in [-0.2, 0) is 25.0 Å². The van der Waals surface area contributed by atoms with E-state index in [-0.39, 0.29) is 22.7 Å². The van der Waals surface area contributed by atoms with Crippen molar-refractivity contribution in [2.45, 2.75) is 36.9 Å². The molecule has 2 aliphatic heterocycles. The summed E-state index contributed by atoms with van der Waals surface area (Å²) in [4.78, 5) is 15.2. The zero-order valence-electron chi connectivity index (χ0n) is 15.9. The van der Waals surface area contributed by atoms with Gasteiger partial charge >= 0.3 is 19.4 Å². The number of anilines is 1. The average Bonchev–Trinajstić information content (AvgIpc) is 2.94. The molecular formula is C17H16F4N3O7P. The number of nitrogen functional groups attached to an aromatic ring is 1. The summed E-state index contributed by atoms with van der Waals surface area (Å²) in [5, 5.41) is 10.1. The Kier molecular flexibility index (Phi) is 5.54. The molecule has 1 aromatic carbocycles. The second-order valence-electron chi connectivity index (χ2n) is 7.04. The van der Waals surface area contributed by atoms with Crippen molar-refractivity contribution in [3.63, 3.8) is 0 Å². The van der Waals surface area contributed by atoms with Crippen LogP contribution < -0.4 is 15.9 Å². The SMILES string of the molecule is Nc1ccn([C@@H]2O[C@@](COP3(=O)OCc4ccccc4O3)(C(F)F)[C@@H](O)C2(F)F)c(=O)n1. The third kappa shape index (κ3) is 3.67. The lowest BCUT2D eigenvalue weighted by atomic mass is 9.96. The number of nitrogens with two attached hydrogens (primary N) is 1. The van der Waals surface area contributed by atoms with Crippen molar-refractivity contribution in [1.82, 2.24) is 9.55 Å². The number of benzene rings is 1. The maximum atomic E-state index is 14.8. The molecule has 2 aliphatic rings. The van der Waals surface area contributed by atoms with E-state index >= 15 is 0 Å². The van der Waals surface area contributed by atoms with E-state index in [1.165, 1.54) is 6.07 Å². The van der Waals surface area contributed by atoms with E-state index in [2.05, 4.69) is 4.98 Å². The van der Waals surface area contributed by atoms with Crippen LogP contribution in [0.3, 0.4) is 0 Å². The minimum Gasteiger partial charge on any atom is -0.404 e. The third-order valence-electron chi connectivity index (χ3n) is 4.97. The largest absolute Gasteiger partial charge is 0.530 e. The fourth-order valence-corrected chi connectivity index (χ4v) is 4.51. The molecule has 2 aromatic rings. The summed E-state index contributed by atoms with van der Waals surface area (Å²) < 4.78 is 90.1. The summed E-state index contributed by atoms with van der Waals surface area (Å²) in [6.45, 7) is -1.77. The van der Waals surface area contributed by atoms with E-state index in [9.17, 15) is 32.0 Å². The predicted octanol–water partition coefficient (Wildman–Crippen LogP) is 2.09. The molecule has 4 rings (SSSR count). The van der Waals surface area contributed by atoms with Gasteiger partial charge in [-0.3, -0.25) is 13.6 Å². The van der Waals surface area contributed by atoms with Crippen molar-refractivity contribution in [3.8, 4) is 5.75 Å². The number of para-hydroxylation sites is 1. The van der Waals surface area contributed by atoms with Crippen LogP contribution in [-0.4, -0.2) is 45.3 Å². The molecule has 10 nitrogen and oxygen atoms in total. The van der Waals surface area contributed by atoms with Gasteiger partial charge in [-0.1, -0.05) is 18.2 Å². The van der Waals surface area contributed by atoms with Gasteiger partial charge in [0.05, 0.1) is 13.2 Å². The van der Waals surface area contributed by atoms with E-state index < -0.39 is 50.4 Å². The Balaban J connectivity index is 1.62. The van der Waals surface area contributed by atoms with Gasteiger partial charge < -0.3 is 20.1 Å². The maximum Gasteiger partial charge on any atom is 0.530 e. The molecule has 1 unspecified atom stereocenters. The molecule has 0 bridgehead atoms. The molecule has 0 amide bonds. The Morgan fingerprint density at radius 1 is 1.34 bits per heavy atom. The van der Waals surface area contributed by atoms with Crippen LogP contribution in [0.1, 0.15) is 11.8 Å². The quantitative estimate of drug-likeness (QED) is 0.486. The summed E-state index contributed by atoms with van der Waals surface area (Å²) in [6.07, 6.45) is -8.83. The average molecular weight is 481 g/mol. The number of rotatable bonds is 5. The van der Waals surface area contributed by atoms with Crippen molar-refractivity contribution in [1.29, 1.82) is 0 Å². The number of phosphoric acid groups is 1. The second kappa shape index (κ2) is 7.81. The number of fused-ring (bicyclic) bond motifs is 1. The molecule has 3 heterocycles. The number of ether oxygens (including phenoxy) is 1. The normalized spacial score (nSPS) is 31.3. The van der Waals surface area contributed by atoms with E-state index in [0.29, 0.717) is 5.56 Å². The van der Waals surface area contributed by atoms with E-state index in [1.54, 1.807) is 18.2 Å². The van der Waals surface area contributed by atoms with Gasteiger partial charge in [-0.2, -0.15) is 13.8 Å². The third-order valence-corrected chi connectivity index (χ3v) is 6.28. The summed E-state index contributed by atoms with van der Waals surface area (Å²) in [5.74, 6) is -4.61. The lowest BCUT2D eigenvalue weighted by Crippen LogP contribution is -2.54. The summed E-state index contributed by atoms with van der Waals surface area (Å²) in [6, 6.07) is 7.16. The molecule has 0 saturated carbocycles. The molecule has 4 atom stereocenters. The van der Waals surface area contributed by atoms with Gasteiger partial charge in [-0.25, -0.2) is 18.1 Å². The Morgan fingerprint density at radius 2 is 2.06 bits per heavy atom. The standard InChI is InChI=1S/C17H16F4N3O7P/c18-13(19)16(8-29-32(27)28-7-9-3-1-2-4-10(9)31-32)12(25)17(20,21)14(30-16)24-6-5-11(22)23-15(24)26/h1-6,12-14,25H,7-8H2,(H2,22,23,26)/t12-,14-,16-,32?/m1/s1. The molecular weight excluding hydrogens is 465 g/mol. The Morgan fingerprint density at radius 3 is 2.75 bits per heavy atom. The first-order valence-corrected chi connectivity index (χ1v) is 10.5. The molecule has 1 aromatic heterocycles. The lowest BCUT2D eigenvalue weighted by molar-refractivity contribution is -0.194. The molecule has 3 N–H and O–H groups in total. The summed E-state index contributed by atoms with van der Waals surface area (Å²) in [7, 11) is -4.52. The van der Waals surface area contributed by atoms with Crippen LogP contribution in [0.4, 0.5) is 23.4 Å². The molecule has 32 heavy (non-hydrogen) atoms. The molecule has 174 valence electrons. The Labute approximate surface area is 177 Å². The number of nitrogens with zero attached hydrogens (tertiary/aromatic N) is 2. The number of halogens is 4. The van der Waals surface area contributed by atoms with Gasteiger partial charge in [-0.15, -0.1) is 0 Å². The number of aliphatic hydroxyl groups is 1. The van der Waals surface area contributed by atoms with Gasteiger partial charge in [0.25, 0.3) is 6.43 Å². The molecule has 1 fully saturated rings. The zero-order valence-corrected chi connectivity index (χ0v) is 16.8. The summed E-state index contributed by atoms with van der Waals surface area (Å²) >= 11 is 0. The topological polar surface area (TPSA) is 135 Å². The van der Waals surface area contributed by atoms with Crippen LogP contribution in [0.25, 0.3) is 0 Å². The van der Waals surface area contributed by atoms with Crippen molar-refractivity contribution >= 4 is 13.6 Å². The number of phosphoric ester groups is 1. The van der Waals surface area contributed by atoms with Gasteiger partial charge in [0.15, 0.2) is 11.7 Å². The number of alkyl halides is 4. The molecule has 0 radical (unpaired) electrons. The van der Waals surface area contributed by atoms with Crippen LogP contribution in [0, 0.1) is 0 Å². The number of aromatic nitrogens is 2. The molecule has 0 spiro atoms. The highest BCUT2D eigenvalue weighted by Crippen LogP contribution is 2.57. The van der Waals surface area contributed by atoms with Crippen molar-refractivity contribution in [2.24, 2.45) is 0 Å². The van der Waals surface area contributed by atoms with E-state index in [4.69, 9.17) is 24.0 Å².